The van der Waals surface area contributed by atoms with Crippen molar-refractivity contribution in [2.24, 2.45) is 0 Å². The number of hydrogen-bond acceptors (Lipinski definition) is 3. The summed E-state index contributed by atoms with van der Waals surface area (Å²) in [7, 11) is 0. The molecule has 0 atom stereocenters. The number of aromatic amines is 1. The summed E-state index contributed by atoms with van der Waals surface area (Å²) >= 11 is 0. The number of amides is 2. The highest BCUT2D eigenvalue weighted by molar-refractivity contribution is 5.74. The topological polar surface area (TPSA) is 81.2 Å². The number of benzene rings is 1. The number of hydrogen-bond donors (Lipinski definition) is 3. The molecule has 1 aliphatic heterocycles. The largest absolute Gasteiger partial charge is 0.392 e. The van der Waals surface area contributed by atoms with Crippen LogP contribution in [0.15, 0.2) is 30.5 Å². The molecule has 0 saturated carbocycles. The number of aliphatic hydroxyl groups is 1. The Bertz CT molecular complexity index is 690. The predicted octanol–water partition coefficient (Wildman–Crippen LogP) is 2.30. The van der Waals surface area contributed by atoms with Gasteiger partial charge in [0.2, 0.25) is 0 Å². The van der Waals surface area contributed by atoms with Crippen LogP contribution in [0.3, 0.4) is 0 Å². The number of nitrogens with one attached hydrogen (secondary N) is 2. The number of carbonyl (C=O) groups is 1. The van der Waals surface area contributed by atoms with Gasteiger partial charge in [0.15, 0.2) is 0 Å². The lowest BCUT2D eigenvalue weighted by molar-refractivity contribution is 0.181. The van der Waals surface area contributed by atoms with Crippen molar-refractivity contribution in [2.45, 2.75) is 38.8 Å². The maximum atomic E-state index is 12.3. The molecule has 128 valence electrons. The number of nitrogens with zero attached hydrogens (tertiary/aromatic N) is 2. The van der Waals surface area contributed by atoms with Crippen molar-refractivity contribution >= 4 is 6.03 Å². The second kappa shape index (κ2) is 7.49. The number of urea groups is 1. The van der Waals surface area contributed by atoms with Crippen LogP contribution in [0.5, 0.6) is 0 Å². The lowest BCUT2D eigenvalue weighted by Gasteiger charge is -2.32. The maximum absolute atomic E-state index is 12.3. The Balaban J connectivity index is 1.49. The number of H-pyrrole nitrogens is 1. The van der Waals surface area contributed by atoms with Crippen LogP contribution in [0.4, 0.5) is 4.79 Å². The quantitative estimate of drug-likeness (QED) is 0.805. The van der Waals surface area contributed by atoms with Gasteiger partial charge < -0.3 is 15.3 Å². The van der Waals surface area contributed by atoms with Gasteiger partial charge in [-0.2, -0.15) is 5.10 Å². The molecule has 1 aliphatic rings. The maximum Gasteiger partial charge on any atom is 0.317 e. The van der Waals surface area contributed by atoms with Crippen molar-refractivity contribution in [3.05, 3.63) is 52.8 Å². The molecule has 24 heavy (non-hydrogen) atoms. The molecule has 0 bridgehead atoms. The summed E-state index contributed by atoms with van der Waals surface area (Å²) < 4.78 is 0. The van der Waals surface area contributed by atoms with Crippen molar-refractivity contribution in [1.82, 2.24) is 20.4 Å². The Hall–Kier alpha value is -2.34. The van der Waals surface area contributed by atoms with Crippen LogP contribution in [0.25, 0.3) is 0 Å². The van der Waals surface area contributed by atoms with Crippen molar-refractivity contribution in [3.63, 3.8) is 0 Å². The molecular weight excluding hydrogens is 304 g/mol. The number of piperidine rings is 1. The molecule has 0 aliphatic carbocycles. The highest BCUT2D eigenvalue weighted by Gasteiger charge is 2.25. The normalized spacial score (nSPS) is 15.5. The molecule has 3 rings (SSSR count). The van der Waals surface area contributed by atoms with E-state index in [9.17, 15) is 4.79 Å². The molecular formula is C18H24N4O2. The standard InChI is InChI=1S/C18H24N4O2/c1-13-17(11-20-21-13)16-5-7-22(8-6-16)18(24)19-10-14-3-2-4-15(9-14)12-23/h2-4,9,11,16,23H,5-8,10,12H2,1H3,(H,19,24)(H,20,21). The number of aromatic nitrogens is 2. The average molecular weight is 328 g/mol. The second-order valence-corrected chi connectivity index (χ2v) is 6.35. The molecule has 1 fully saturated rings. The van der Waals surface area contributed by atoms with E-state index in [4.69, 9.17) is 5.11 Å². The van der Waals surface area contributed by atoms with E-state index in [0.29, 0.717) is 12.5 Å². The van der Waals surface area contributed by atoms with Crippen LogP contribution in [0.1, 0.15) is 41.1 Å². The molecule has 0 radical (unpaired) electrons. The van der Waals surface area contributed by atoms with Crippen molar-refractivity contribution in [1.29, 1.82) is 0 Å². The van der Waals surface area contributed by atoms with Gasteiger partial charge >= 0.3 is 6.03 Å². The van der Waals surface area contributed by atoms with E-state index in [1.165, 1.54) is 5.56 Å². The van der Waals surface area contributed by atoms with Crippen LogP contribution in [0.2, 0.25) is 0 Å². The number of rotatable bonds is 4. The highest BCUT2D eigenvalue weighted by atomic mass is 16.3. The monoisotopic (exact) mass is 328 g/mol. The van der Waals surface area contributed by atoms with E-state index in [1.54, 1.807) is 0 Å². The first-order chi connectivity index (χ1) is 11.7. The summed E-state index contributed by atoms with van der Waals surface area (Å²) in [5.41, 5.74) is 4.26. The van der Waals surface area contributed by atoms with Gasteiger partial charge in [0.25, 0.3) is 0 Å². The molecule has 6 nitrogen and oxygen atoms in total. The highest BCUT2D eigenvalue weighted by Crippen LogP contribution is 2.29. The SMILES string of the molecule is Cc1[nH]ncc1C1CCN(C(=O)NCc2cccc(CO)c2)CC1. The average Bonchev–Trinajstić information content (AvgIpc) is 3.06. The van der Waals surface area contributed by atoms with Gasteiger partial charge in [-0.05, 0) is 42.4 Å². The van der Waals surface area contributed by atoms with E-state index in [1.807, 2.05) is 42.3 Å². The lowest BCUT2D eigenvalue weighted by Crippen LogP contribution is -2.43. The van der Waals surface area contributed by atoms with E-state index in [2.05, 4.69) is 15.5 Å². The van der Waals surface area contributed by atoms with Gasteiger partial charge in [-0.25, -0.2) is 4.79 Å². The number of aliphatic hydroxyl groups excluding tert-OH is 1. The fourth-order valence-electron chi connectivity index (χ4n) is 3.29. The Kier molecular flexibility index (Phi) is 5.15. The van der Waals surface area contributed by atoms with Crippen LogP contribution in [-0.2, 0) is 13.2 Å². The Morgan fingerprint density at radius 1 is 1.38 bits per heavy atom. The minimum atomic E-state index is -0.0215. The van der Waals surface area contributed by atoms with Gasteiger partial charge in [0, 0.05) is 25.3 Å². The van der Waals surface area contributed by atoms with Crippen LogP contribution in [-0.4, -0.2) is 39.3 Å². The zero-order chi connectivity index (χ0) is 16.9. The summed E-state index contributed by atoms with van der Waals surface area (Å²) in [4.78, 5) is 14.2. The zero-order valence-electron chi connectivity index (χ0n) is 14.0. The molecule has 0 unspecified atom stereocenters. The first kappa shape index (κ1) is 16.5. The third-order valence-electron chi connectivity index (χ3n) is 4.71. The van der Waals surface area contributed by atoms with Crippen LogP contribution >= 0.6 is 0 Å². The van der Waals surface area contributed by atoms with E-state index < -0.39 is 0 Å². The summed E-state index contributed by atoms with van der Waals surface area (Å²) in [6.45, 7) is 4.06. The van der Waals surface area contributed by atoms with Crippen molar-refractivity contribution < 1.29 is 9.90 Å². The van der Waals surface area contributed by atoms with Gasteiger partial charge in [0.1, 0.15) is 0 Å². The zero-order valence-corrected chi connectivity index (χ0v) is 14.0. The third kappa shape index (κ3) is 3.76. The Morgan fingerprint density at radius 2 is 2.12 bits per heavy atom. The second-order valence-electron chi connectivity index (χ2n) is 6.35. The molecule has 3 N–H and O–H groups in total. The molecule has 1 aromatic carbocycles. The minimum absolute atomic E-state index is 0.0166. The van der Waals surface area contributed by atoms with Crippen LogP contribution < -0.4 is 5.32 Å². The number of likely N-dealkylation sites (tertiary alicyclic amines) is 1. The minimum Gasteiger partial charge on any atom is -0.392 e. The van der Waals surface area contributed by atoms with Gasteiger partial charge in [-0.1, -0.05) is 24.3 Å². The molecule has 2 heterocycles. The van der Waals surface area contributed by atoms with Crippen molar-refractivity contribution in [2.75, 3.05) is 13.1 Å². The fraction of sp³-hybridized carbons (Fsp3) is 0.444. The van der Waals surface area contributed by atoms with Gasteiger partial charge in [-0.3, -0.25) is 5.10 Å². The summed E-state index contributed by atoms with van der Waals surface area (Å²) in [6.07, 6.45) is 3.84. The first-order valence-electron chi connectivity index (χ1n) is 8.38. The van der Waals surface area contributed by atoms with E-state index in [0.717, 1.165) is 42.8 Å². The summed E-state index contributed by atoms with van der Waals surface area (Å²) in [5.74, 6) is 0.481. The first-order valence-corrected chi connectivity index (χ1v) is 8.38. The summed E-state index contributed by atoms with van der Waals surface area (Å²) in [6, 6.07) is 7.60. The van der Waals surface area contributed by atoms with Gasteiger partial charge in [0.05, 0.1) is 12.8 Å². The molecule has 6 heteroatoms. The Labute approximate surface area is 141 Å². The van der Waals surface area contributed by atoms with E-state index >= 15 is 0 Å². The van der Waals surface area contributed by atoms with Gasteiger partial charge in [-0.15, -0.1) is 0 Å². The number of aryl methyl sites for hydroxylation is 1. The fourth-order valence-corrected chi connectivity index (χ4v) is 3.29. The van der Waals surface area contributed by atoms with Crippen LogP contribution in [0, 0.1) is 6.92 Å². The molecule has 1 saturated heterocycles. The molecule has 2 amide bonds. The smallest absolute Gasteiger partial charge is 0.317 e. The van der Waals surface area contributed by atoms with E-state index in [-0.39, 0.29) is 12.6 Å². The predicted molar refractivity (Wildman–Crippen MR) is 91.5 cm³/mol. The molecule has 2 aromatic rings. The Morgan fingerprint density at radius 3 is 2.79 bits per heavy atom. The molecule has 1 aromatic heterocycles. The number of carbonyl (C=O) groups excluding carboxylic acids is 1. The molecule has 0 spiro atoms. The lowest BCUT2D eigenvalue weighted by atomic mass is 9.90. The third-order valence-corrected chi connectivity index (χ3v) is 4.71. The van der Waals surface area contributed by atoms with Crippen molar-refractivity contribution in [3.8, 4) is 0 Å². The summed E-state index contributed by atoms with van der Waals surface area (Å²) in [5, 5.41) is 19.2.